The molecule has 0 saturated carbocycles. The van der Waals surface area contributed by atoms with Crippen molar-refractivity contribution in [2.24, 2.45) is 10.9 Å². The van der Waals surface area contributed by atoms with Gasteiger partial charge in [-0.05, 0) is 36.6 Å². The second-order valence-corrected chi connectivity index (χ2v) is 9.25. The Balaban J connectivity index is 0.000000810. The van der Waals surface area contributed by atoms with Gasteiger partial charge in [-0.3, -0.25) is 4.40 Å². The highest BCUT2D eigenvalue weighted by molar-refractivity contribution is 7.98. The molecule has 1 unspecified atom stereocenters. The van der Waals surface area contributed by atoms with Gasteiger partial charge in [-0.15, -0.1) is 0 Å². The molecule has 0 fully saturated rings. The van der Waals surface area contributed by atoms with Crippen LogP contribution in [0.5, 0.6) is 0 Å². The molecule has 17 heteroatoms. The zero-order valence-electron chi connectivity index (χ0n) is 20.2. The van der Waals surface area contributed by atoms with Crippen LogP contribution in [0.25, 0.3) is 5.65 Å². The Morgan fingerprint density at radius 1 is 1.07 bits per heavy atom. The van der Waals surface area contributed by atoms with Crippen LogP contribution in [-0.4, -0.2) is 50.9 Å². The number of benzene rings is 1. The van der Waals surface area contributed by atoms with Crippen molar-refractivity contribution < 1.29 is 54.3 Å². The van der Waals surface area contributed by atoms with E-state index in [-0.39, 0.29) is 35.1 Å². The number of halogens is 9. The zero-order chi connectivity index (χ0) is 30.1. The number of carboxylic acid groups (broad SMARTS) is 1. The molecular weight excluding hydrogens is 583 g/mol. The first-order valence-corrected chi connectivity index (χ1v) is 12.4. The molecule has 0 bridgehead atoms. The maximum absolute atomic E-state index is 14.2. The lowest BCUT2D eigenvalue weighted by molar-refractivity contribution is -0.276. The normalized spacial score (nSPS) is 17.7. The third kappa shape index (κ3) is 6.14. The van der Waals surface area contributed by atoms with Crippen LogP contribution in [0.1, 0.15) is 39.2 Å². The van der Waals surface area contributed by atoms with Crippen LogP contribution in [0, 0.1) is 0 Å². The number of nitrogens with zero attached hydrogens (tertiary/aromatic N) is 3. The number of aromatic nitrogens is 2. The quantitative estimate of drug-likeness (QED) is 0.350. The molecule has 0 radical (unpaired) electrons. The summed E-state index contributed by atoms with van der Waals surface area (Å²) < 4.78 is 123. The molecule has 1 atom stereocenters. The van der Waals surface area contributed by atoms with Crippen molar-refractivity contribution in [3.05, 3.63) is 70.7 Å². The average Bonchev–Trinajstić information content (AvgIpc) is 3.51. The molecule has 4 rings (SSSR count). The summed E-state index contributed by atoms with van der Waals surface area (Å²) in [5.41, 5.74) is -5.07. The van der Waals surface area contributed by atoms with Crippen molar-refractivity contribution in [1.29, 1.82) is 0 Å². The maximum Gasteiger partial charge on any atom is 0.435 e. The van der Waals surface area contributed by atoms with Crippen LogP contribution in [0.15, 0.2) is 47.9 Å². The minimum atomic E-state index is -5.50. The molecule has 0 aliphatic carbocycles. The highest BCUT2D eigenvalue weighted by atomic mass is 32.2. The molecule has 7 nitrogen and oxygen atoms in total. The number of nitrogens with two attached hydrogens (primary N) is 1. The second kappa shape index (κ2) is 11.2. The van der Waals surface area contributed by atoms with Crippen LogP contribution in [0.4, 0.5) is 39.5 Å². The van der Waals surface area contributed by atoms with Crippen molar-refractivity contribution in [3.63, 3.8) is 0 Å². The molecule has 0 amide bonds. The van der Waals surface area contributed by atoms with Gasteiger partial charge in [0.25, 0.3) is 5.60 Å². The minimum absolute atomic E-state index is 0.0679. The van der Waals surface area contributed by atoms with E-state index in [0.29, 0.717) is 0 Å². The summed E-state index contributed by atoms with van der Waals surface area (Å²) in [6.07, 6.45) is -13.2. The predicted molar refractivity (Wildman–Crippen MR) is 126 cm³/mol. The van der Waals surface area contributed by atoms with Crippen LogP contribution >= 0.6 is 11.8 Å². The van der Waals surface area contributed by atoms with Crippen LogP contribution in [-0.2, 0) is 22.8 Å². The van der Waals surface area contributed by atoms with E-state index in [4.69, 9.17) is 5.73 Å². The first-order chi connectivity index (χ1) is 18.5. The van der Waals surface area contributed by atoms with E-state index in [1.807, 2.05) is 6.26 Å². The lowest BCUT2D eigenvalue weighted by Crippen LogP contribution is -2.43. The van der Waals surface area contributed by atoms with Crippen LogP contribution in [0.2, 0.25) is 0 Å². The summed E-state index contributed by atoms with van der Waals surface area (Å²) in [6, 6.07) is 1.65. The molecule has 40 heavy (non-hydrogen) atoms. The minimum Gasteiger partial charge on any atom is -0.478 e. The maximum atomic E-state index is 14.2. The van der Waals surface area contributed by atoms with Crippen molar-refractivity contribution in [3.8, 4) is 0 Å². The first-order valence-electron chi connectivity index (χ1n) is 11.0. The predicted octanol–water partition coefficient (Wildman–Crippen LogP) is 5.96. The number of pyridine rings is 1. The number of carboxylic acids is 1. The molecule has 3 heterocycles. The molecule has 2 aromatic heterocycles. The number of alkyl halides is 9. The molecule has 218 valence electrons. The Morgan fingerprint density at radius 3 is 2.12 bits per heavy atom. The third-order valence-corrected chi connectivity index (χ3v) is 6.28. The Labute approximate surface area is 223 Å². The molecule has 3 N–H and O–H groups in total. The van der Waals surface area contributed by atoms with E-state index >= 15 is 0 Å². The average molecular weight is 602 g/mol. The number of hydrogen-bond acceptors (Lipinski definition) is 6. The van der Waals surface area contributed by atoms with E-state index < -0.39 is 58.9 Å². The van der Waals surface area contributed by atoms with Crippen molar-refractivity contribution in [2.75, 3.05) is 18.6 Å². The smallest absolute Gasteiger partial charge is 0.435 e. The number of hydrogen-bond donors (Lipinski definition) is 2. The first kappa shape index (κ1) is 31.1. The van der Waals surface area contributed by atoms with Crippen molar-refractivity contribution in [1.82, 2.24) is 9.38 Å². The molecule has 3 aromatic rings. The summed E-state index contributed by atoms with van der Waals surface area (Å²) in [4.78, 5) is 19.7. The van der Waals surface area contributed by atoms with Crippen molar-refractivity contribution in [2.45, 2.75) is 30.6 Å². The summed E-state index contributed by atoms with van der Waals surface area (Å²) in [5.74, 6) is -0.314. The van der Waals surface area contributed by atoms with E-state index in [1.165, 1.54) is 6.20 Å². The lowest BCUT2D eigenvalue weighted by Gasteiger charge is -2.30. The number of rotatable bonds is 5. The van der Waals surface area contributed by atoms with Gasteiger partial charge in [0.15, 0.2) is 5.65 Å². The zero-order valence-corrected chi connectivity index (χ0v) is 21.0. The Morgan fingerprint density at radius 2 is 1.68 bits per heavy atom. The largest absolute Gasteiger partial charge is 0.478 e. The Kier molecular flexibility index (Phi) is 8.69. The van der Waals surface area contributed by atoms with E-state index in [9.17, 15) is 49.4 Å². The molecular formula is C23H19F9N4O3S. The Hall–Kier alpha value is -3.47. The molecule has 0 spiro atoms. The van der Waals surface area contributed by atoms with E-state index in [0.717, 1.165) is 35.0 Å². The van der Waals surface area contributed by atoms with Gasteiger partial charge in [0, 0.05) is 30.3 Å². The fraction of sp³-hybridized carbons (Fsp3) is 0.348. The van der Waals surface area contributed by atoms with Gasteiger partial charge >= 0.3 is 24.5 Å². The molecule has 1 aliphatic heterocycles. The van der Waals surface area contributed by atoms with Crippen LogP contribution < -0.4 is 5.73 Å². The van der Waals surface area contributed by atoms with E-state index in [1.54, 1.807) is 11.8 Å². The second-order valence-electron chi connectivity index (χ2n) is 8.27. The summed E-state index contributed by atoms with van der Waals surface area (Å²) in [7, 11) is 0. The van der Waals surface area contributed by atoms with E-state index in [2.05, 4.69) is 15.0 Å². The van der Waals surface area contributed by atoms with Gasteiger partial charge in [0.2, 0.25) is 0 Å². The lowest BCUT2D eigenvalue weighted by atomic mass is 9.85. The fourth-order valence-electron chi connectivity index (χ4n) is 3.76. The van der Waals surface area contributed by atoms with Crippen LogP contribution in [0.3, 0.4) is 0 Å². The molecule has 1 aliphatic rings. The summed E-state index contributed by atoms with van der Waals surface area (Å²) in [6.45, 7) is 0.807. The van der Waals surface area contributed by atoms with Gasteiger partial charge in [0.05, 0.1) is 23.2 Å². The highest BCUT2D eigenvalue weighted by Gasteiger charge is 2.63. The highest BCUT2D eigenvalue weighted by Crippen LogP contribution is 2.50. The van der Waals surface area contributed by atoms with Gasteiger partial charge in [0.1, 0.15) is 11.3 Å². The number of oxime groups is 1. The number of aromatic carboxylic acids is 1. The van der Waals surface area contributed by atoms with Gasteiger partial charge < -0.3 is 15.7 Å². The van der Waals surface area contributed by atoms with Gasteiger partial charge in [-0.1, -0.05) is 5.16 Å². The Bertz CT molecular complexity index is 1380. The monoisotopic (exact) mass is 602 g/mol. The van der Waals surface area contributed by atoms with Crippen molar-refractivity contribution >= 4 is 29.1 Å². The van der Waals surface area contributed by atoms with Gasteiger partial charge in [-0.25, -0.2) is 9.78 Å². The topological polar surface area (TPSA) is 102 Å². The standard InChI is InChI=1S/C20H10F9N3O3.C3H9NS/c21-18(22,23)10-5-9(6-11(7-10)19(24,25)26)17(20(27,28)29)8-13(31-35-17)14-2-1-12(16(33)34)15-30-3-4-32(14)15;1-5-3-2-4/h1-7H,8H2,(H,33,34);2-4H2,1H3. The third-order valence-electron chi connectivity index (χ3n) is 5.64. The SMILES string of the molecule is CSCCN.O=C(O)c1ccc(C2=NOC(c3cc(C(F)(F)F)cc(C(F)(F)F)c3)(C(F)(F)F)C2)n2ccnc12. The molecule has 0 saturated heterocycles. The number of carbonyl (C=O) groups is 1. The summed E-state index contributed by atoms with van der Waals surface area (Å²) in [5, 5.41) is 12.6. The summed E-state index contributed by atoms with van der Waals surface area (Å²) >= 11 is 1.78. The van der Waals surface area contributed by atoms with Gasteiger partial charge in [-0.2, -0.15) is 51.3 Å². The number of thioether (sulfide) groups is 1. The fourth-order valence-corrected chi connectivity index (χ4v) is 4.00. The number of fused-ring (bicyclic) bond motifs is 1. The number of imidazole rings is 1. The molecule has 1 aromatic carbocycles.